The molecule has 0 saturated heterocycles. The normalized spacial score (nSPS) is 14.0. The third-order valence-electron chi connectivity index (χ3n) is 3.50. The van der Waals surface area contributed by atoms with Gasteiger partial charge in [-0.25, -0.2) is 4.79 Å². The number of nitrogens with zero attached hydrogens (tertiary/aromatic N) is 1. The zero-order valence-corrected chi connectivity index (χ0v) is 13.6. The number of hydrogen-bond donors (Lipinski definition) is 3. The number of amides is 2. The highest BCUT2D eigenvalue weighted by molar-refractivity contribution is 5.74. The first-order valence-electron chi connectivity index (χ1n) is 7.71. The van der Waals surface area contributed by atoms with Crippen LogP contribution < -0.4 is 10.6 Å². The van der Waals surface area contributed by atoms with Gasteiger partial charge in [0.2, 0.25) is 0 Å². The van der Waals surface area contributed by atoms with Crippen LogP contribution in [0.2, 0.25) is 0 Å². The van der Waals surface area contributed by atoms with Gasteiger partial charge in [-0.3, -0.25) is 0 Å². The van der Waals surface area contributed by atoms with Crippen molar-refractivity contribution >= 4 is 6.03 Å². The van der Waals surface area contributed by atoms with Crippen LogP contribution in [0.4, 0.5) is 4.79 Å². The molecule has 5 heteroatoms. The van der Waals surface area contributed by atoms with Crippen LogP contribution in [-0.2, 0) is 13.5 Å². The lowest BCUT2D eigenvalue weighted by atomic mass is 10.1. The number of aliphatic hydroxyl groups excluding tert-OH is 1. The maximum Gasteiger partial charge on any atom is 0.315 e. The Morgan fingerprint density at radius 3 is 2.67 bits per heavy atom. The molecule has 0 aliphatic rings. The van der Waals surface area contributed by atoms with E-state index in [2.05, 4.69) is 35.1 Å². The summed E-state index contributed by atoms with van der Waals surface area (Å²) in [7, 11) is 2.02. The summed E-state index contributed by atoms with van der Waals surface area (Å²) < 4.78 is 2.09. The van der Waals surface area contributed by atoms with Gasteiger partial charge in [-0.05, 0) is 44.2 Å². The molecule has 1 heterocycles. The van der Waals surface area contributed by atoms with Gasteiger partial charge in [0.25, 0.3) is 0 Å². The van der Waals surface area contributed by atoms with Crippen LogP contribution in [0.15, 0.2) is 18.3 Å². The maximum absolute atomic E-state index is 11.7. The van der Waals surface area contributed by atoms with E-state index in [0.29, 0.717) is 18.9 Å². The Morgan fingerprint density at radius 1 is 1.38 bits per heavy atom. The average Bonchev–Trinajstić information content (AvgIpc) is 2.79. The van der Waals surface area contributed by atoms with Crippen molar-refractivity contribution in [1.29, 1.82) is 0 Å². The zero-order chi connectivity index (χ0) is 15.8. The maximum atomic E-state index is 11.7. The highest BCUT2D eigenvalue weighted by Gasteiger charge is 2.11. The number of carbonyl (C=O) groups is 1. The summed E-state index contributed by atoms with van der Waals surface area (Å²) in [6.07, 6.45) is 4.06. The number of nitrogens with one attached hydrogen (secondary N) is 2. The standard InChI is InChI=1S/C16H29N3O2/c1-12(2)10-15(20)11-17-16(21)18-13(3)7-8-14-6-5-9-19(14)4/h5-6,9,12-13,15,20H,7-8,10-11H2,1-4H3,(H2,17,18,21). The SMILES string of the molecule is CC(C)CC(O)CNC(=O)NC(C)CCc1cccn1C. The van der Waals surface area contributed by atoms with Crippen LogP contribution in [-0.4, -0.2) is 34.4 Å². The molecule has 2 amide bonds. The number of urea groups is 1. The van der Waals surface area contributed by atoms with Crippen molar-refractivity contribution in [1.82, 2.24) is 15.2 Å². The molecule has 2 atom stereocenters. The molecule has 3 N–H and O–H groups in total. The molecule has 0 fully saturated rings. The Morgan fingerprint density at radius 2 is 2.10 bits per heavy atom. The third-order valence-corrected chi connectivity index (χ3v) is 3.50. The second-order valence-electron chi connectivity index (χ2n) is 6.19. The summed E-state index contributed by atoms with van der Waals surface area (Å²) in [5.74, 6) is 0.425. The molecular weight excluding hydrogens is 266 g/mol. The van der Waals surface area contributed by atoms with E-state index in [1.165, 1.54) is 5.69 Å². The van der Waals surface area contributed by atoms with Crippen LogP contribution in [0.5, 0.6) is 0 Å². The summed E-state index contributed by atoms with van der Waals surface area (Å²) in [5, 5.41) is 15.3. The molecule has 0 spiro atoms. The van der Waals surface area contributed by atoms with Gasteiger partial charge in [0, 0.05) is 31.5 Å². The van der Waals surface area contributed by atoms with Crippen LogP contribution in [0.1, 0.15) is 39.3 Å². The van der Waals surface area contributed by atoms with Gasteiger partial charge in [-0.2, -0.15) is 0 Å². The van der Waals surface area contributed by atoms with Gasteiger partial charge in [0.15, 0.2) is 0 Å². The predicted molar refractivity (Wildman–Crippen MR) is 85.2 cm³/mol. The van der Waals surface area contributed by atoms with E-state index in [9.17, 15) is 9.90 Å². The highest BCUT2D eigenvalue weighted by Crippen LogP contribution is 2.06. The minimum absolute atomic E-state index is 0.0992. The summed E-state index contributed by atoms with van der Waals surface area (Å²) in [5.41, 5.74) is 1.26. The summed E-state index contributed by atoms with van der Waals surface area (Å²) in [4.78, 5) is 11.7. The van der Waals surface area contributed by atoms with Gasteiger partial charge in [-0.15, -0.1) is 0 Å². The van der Waals surface area contributed by atoms with Crippen LogP contribution >= 0.6 is 0 Å². The second kappa shape index (κ2) is 8.72. The monoisotopic (exact) mass is 295 g/mol. The summed E-state index contributed by atoms with van der Waals surface area (Å²) >= 11 is 0. The first-order chi connectivity index (χ1) is 9.88. The van der Waals surface area contributed by atoms with E-state index in [1.54, 1.807) is 0 Å². The fourth-order valence-electron chi connectivity index (χ4n) is 2.31. The van der Waals surface area contributed by atoms with E-state index in [-0.39, 0.29) is 12.1 Å². The molecule has 1 rings (SSSR count). The van der Waals surface area contributed by atoms with Crippen molar-refractivity contribution in [3.05, 3.63) is 24.0 Å². The van der Waals surface area contributed by atoms with Crippen LogP contribution in [0, 0.1) is 5.92 Å². The first-order valence-corrected chi connectivity index (χ1v) is 7.71. The molecule has 0 saturated carbocycles. The lowest BCUT2D eigenvalue weighted by Gasteiger charge is -2.17. The van der Waals surface area contributed by atoms with Crippen molar-refractivity contribution in [2.75, 3.05) is 6.54 Å². The number of rotatable bonds is 8. The van der Waals surface area contributed by atoms with Crippen molar-refractivity contribution in [2.24, 2.45) is 13.0 Å². The van der Waals surface area contributed by atoms with E-state index in [0.717, 1.165) is 12.8 Å². The van der Waals surface area contributed by atoms with Gasteiger partial charge in [-0.1, -0.05) is 13.8 Å². The lowest BCUT2D eigenvalue weighted by molar-refractivity contribution is 0.146. The van der Waals surface area contributed by atoms with Gasteiger partial charge in [0.1, 0.15) is 0 Å². The number of carbonyl (C=O) groups excluding carboxylic acids is 1. The number of aryl methyl sites for hydroxylation is 2. The van der Waals surface area contributed by atoms with E-state index in [4.69, 9.17) is 0 Å². The highest BCUT2D eigenvalue weighted by atomic mass is 16.3. The lowest BCUT2D eigenvalue weighted by Crippen LogP contribution is -2.43. The van der Waals surface area contributed by atoms with Gasteiger partial charge in [0.05, 0.1) is 6.10 Å². The minimum atomic E-state index is -0.477. The molecular formula is C16H29N3O2. The Labute approximate surface area is 127 Å². The van der Waals surface area contributed by atoms with Crippen molar-refractivity contribution < 1.29 is 9.90 Å². The second-order valence-corrected chi connectivity index (χ2v) is 6.19. The first kappa shape index (κ1) is 17.6. The van der Waals surface area contributed by atoms with E-state index < -0.39 is 6.10 Å². The summed E-state index contributed by atoms with van der Waals surface area (Å²) in [6.45, 7) is 6.39. The zero-order valence-electron chi connectivity index (χ0n) is 13.6. The molecule has 2 unspecified atom stereocenters. The van der Waals surface area contributed by atoms with Crippen molar-refractivity contribution in [2.45, 2.75) is 52.2 Å². The third kappa shape index (κ3) is 7.18. The quantitative estimate of drug-likeness (QED) is 0.687. The molecule has 0 bridgehead atoms. The predicted octanol–water partition coefficient (Wildman–Crippen LogP) is 2.05. The van der Waals surface area contributed by atoms with Crippen LogP contribution in [0.3, 0.4) is 0 Å². The Kier molecular flexibility index (Phi) is 7.29. The van der Waals surface area contributed by atoms with Crippen molar-refractivity contribution in [3.8, 4) is 0 Å². The topological polar surface area (TPSA) is 66.3 Å². The number of hydrogen-bond acceptors (Lipinski definition) is 2. The van der Waals surface area contributed by atoms with E-state index in [1.807, 2.05) is 26.2 Å². The number of aromatic nitrogens is 1. The molecule has 0 aromatic carbocycles. The molecule has 1 aromatic heterocycles. The molecule has 5 nitrogen and oxygen atoms in total. The largest absolute Gasteiger partial charge is 0.391 e. The fourth-order valence-corrected chi connectivity index (χ4v) is 2.31. The Bertz CT molecular complexity index is 429. The molecule has 0 radical (unpaired) electrons. The smallest absolute Gasteiger partial charge is 0.315 e. The number of aliphatic hydroxyl groups is 1. The molecule has 0 aliphatic heterocycles. The van der Waals surface area contributed by atoms with Gasteiger partial charge >= 0.3 is 6.03 Å². The van der Waals surface area contributed by atoms with Crippen LogP contribution in [0.25, 0.3) is 0 Å². The fraction of sp³-hybridized carbons (Fsp3) is 0.688. The average molecular weight is 295 g/mol. The molecule has 120 valence electrons. The molecule has 1 aromatic rings. The molecule has 21 heavy (non-hydrogen) atoms. The summed E-state index contributed by atoms with van der Waals surface area (Å²) in [6, 6.07) is 4.00. The Hall–Kier alpha value is -1.49. The van der Waals surface area contributed by atoms with Gasteiger partial charge < -0.3 is 20.3 Å². The molecule has 0 aliphatic carbocycles. The Balaban J connectivity index is 2.20. The minimum Gasteiger partial charge on any atom is -0.391 e. The van der Waals surface area contributed by atoms with Crippen molar-refractivity contribution in [3.63, 3.8) is 0 Å². The van der Waals surface area contributed by atoms with E-state index >= 15 is 0 Å².